The van der Waals surface area contributed by atoms with Crippen LogP contribution in [0.3, 0.4) is 0 Å². The molecule has 0 fully saturated rings. The van der Waals surface area contributed by atoms with Crippen molar-refractivity contribution in [3.8, 4) is 0 Å². The van der Waals surface area contributed by atoms with Gasteiger partial charge in [-0.15, -0.1) is 0 Å². The van der Waals surface area contributed by atoms with Gasteiger partial charge in [0.15, 0.2) is 22.0 Å². The Morgan fingerprint density at radius 3 is 1.81 bits per heavy atom. The van der Waals surface area contributed by atoms with E-state index in [1.165, 1.54) is 0 Å². The first-order chi connectivity index (χ1) is 9.30. The first kappa shape index (κ1) is 20.8. The summed E-state index contributed by atoms with van der Waals surface area (Å²) in [5, 5.41) is 0. The third kappa shape index (κ3) is 9.41. The van der Waals surface area contributed by atoms with Crippen molar-refractivity contribution < 1.29 is 18.1 Å². The van der Waals surface area contributed by atoms with Crippen LogP contribution in [-0.2, 0) is 18.1 Å². The van der Waals surface area contributed by atoms with E-state index >= 15 is 0 Å². The average molecular weight is 349 g/mol. The quantitative estimate of drug-likeness (QED) is 0.364. The molecular weight excluding hydrogens is 316 g/mol. The standard InChI is InChI=1S/C14H32O4Si3/c1-10-11-14(17-20(4,5)6,18-21(7,8)9)19-16-13(15)12(2)3/h2,10-11,19H2,1,3-9H3. The van der Waals surface area contributed by atoms with Gasteiger partial charge < -0.3 is 13.3 Å². The van der Waals surface area contributed by atoms with E-state index in [4.69, 9.17) is 13.3 Å². The smallest absolute Gasteiger partial charge is 0.319 e. The van der Waals surface area contributed by atoms with Gasteiger partial charge in [0.1, 0.15) is 0 Å². The lowest BCUT2D eigenvalue weighted by molar-refractivity contribution is -0.133. The van der Waals surface area contributed by atoms with Crippen molar-refractivity contribution in [2.24, 2.45) is 0 Å². The lowest BCUT2D eigenvalue weighted by Gasteiger charge is -2.42. The van der Waals surface area contributed by atoms with E-state index in [0.717, 1.165) is 12.8 Å². The molecule has 0 aliphatic rings. The van der Waals surface area contributed by atoms with Crippen LogP contribution in [-0.4, -0.2) is 37.8 Å². The van der Waals surface area contributed by atoms with Gasteiger partial charge in [-0.25, -0.2) is 4.79 Å². The van der Waals surface area contributed by atoms with E-state index in [1.54, 1.807) is 6.92 Å². The lowest BCUT2D eigenvalue weighted by atomic mass is 10.3. The summed E-state index contributed by atoms with van der Waals surface area (Å²) in [6.07, 6.45) is 1.71. The first-order valence-corrected chi connectivity index (χ1v) is 15.6. The van der Waals surface area contributed by atoms with Gasteiger partial charge in [0.25, 0.3) is 9.76 Å². The first-order valence-electron chi connectivity index (χ1n) is 7.53. The molecule has 0 aliphatic carbocycles. The molecule has 124 valence electrons. The van der Waals surface area contributed by atoms with Gasteiger partial charge in [-0.2, -0.15) is 0 Å². The fourth-order valence-corrected chi connectivity index (χ4v) is 8.82. The van der Waals surface area contributed by atoms with Crippen molar-refractivity contribution in [3.63, 3.8) is 0 Å². The normalized spacial score (nSPS) is 13.7. The molecule has 0 amide bonds. The SMILES string of the molecule is C=C(C)C(=O)O[SiH2]C(CCC)(O[Si](C)(C)C)O[Si](C)(C)C. The van der Waals surface area contributed by atoms with Gasteiger partial charge in [-0.3, -0.25) is 0 Å². The Hall–Kier alpha value is -0.219. The summed E-state index contributed by atoms with van der Waals surface area (Å²) in [7, 11) is -4.95. The van der Waals surface area contributed by atoms with Gasteiger partial charge in [0, 0.05) is 5.57 Å². The Morgan fingerprint density at radius 2 is 1.52 bits per heavy atom. The van der Waals surface area contributed by atoms with E-state index in [1.807, 2.05) is 0 Å². The van der Waals surface area contributed by atoms with Crippen molar-refractivity contribution in [2.45, 2.75) is 71.4 Å². The van der Waals surface area contributed by atoms with Crippen molar-refractivity contribution in [1.82, 2.24) is 0 Å². The zero-order valence-electron chi connectivity index (χ0n) is 15.0. The Morgan fingerprint density at radius 1 is 1.10 bits per heavy atom. The molecule has 0 bridgehead atoms. The summed E-state index contributed by atoms with van der Waals surface area (Å²) in [4.78, 5) is 11.7. The Bertz CT molecular complexity index is 353. The van der Waals surface area contributed by atoms with E-state index in [0.29, 0.717) is 5.57 Å². The highest BCUT2D eigenvalue weighted by molar-refractivity contribution is 6.72. The van der Waals surface area contributed by atoms with E-state index in [2.05, 4.69) is 52.8 Å². The summed E-state index contributed by atoms with van der Waals surface area (Å²) in [5.41, 5.74) is -0.261. The minimum Gasteiger partial charge on any atom is -0.516 e. The topological polar surface area (TPSA) is 44.8 Å². The molecule has 0 radical (unpaired) electrons. The molecule has 0 saturated heterocycles. The molecule has 0 saturated carbocycles. The molecule has 0 N–H and O–H groups in total. The molecule has 0 aliphatic heterocycles. The maximum absolute atomic E-state index is 11.7. The van der Waals surface area contributed by atoms with Crippen LogP contribution in [0.1, 0.15) is 26.7 Å². The fraction of sp³-hybridized carbons (Fsp3) is 0.786. The van der Waals surface area contributed by atoms with Gasteiger partial charge >= 0.3 is 5.97 Å². The molecule has 7 heteroatoms. The van der Waals surface area contributed by atoms with Gasteiger partial charge in [-0.05, 0) is 52.6 Å². The fourth-order valence-electron chi connectivity index (χ4n) is 2.05. The lowest BCUT2D eigenvalue weighted by Crippen LogP contribution is -2.55. The maximum Gasteiger partial charge on any atom is 0.319 e. The van der Waals surface area contributed by atoms with E-state index < -0.39 is 31.8 Å². The zero-order chi connectivity index (χ0) is 16.9. The highest BCUT2D eigenvalue weighted by atomic mass is 28.4. The highest BCUT2D eigenvalue weighted by Gasteiger charge is 2.42. The number of carbonyl (C=O) groups excluding carboxylic acids is 1. The second-order valence-electron chi connectivity index (χ2n) is 7.45. The van der Waals surface area contributed by atoms with Crippen molar-refractivity contribution in [2.75, 3.05) is 0 Å². The van der Waals surface area contributed by atoms with Crippen LogP contribution in [0.2, 0.25) is 39.3 Å². The number of carbonyl (C=O) groups is 1. The molecule has 0 aromatic rings. The monoisotopic (exact) mass is 348 g/mol. The summed E-state index contributed by atoms with van der Waals surface area (Å²) < 4.78 is 18.3. The molecule has 4 nitrogen and oxygen atoms in total. The van der Waals surface area contributed by atoms with E-state index in [-0.39, 0.29) is 5.97 Å². The largest absolute Gasteiger partial charge is 0.516 e. The summed E-state index contributed by atoms with van der Waals surface area (Å²) >= 11 is 0. The molecule has 0 aromatic heterocycles. The molecule has 0 heterocycles. The molecule has 0 aromatic carbocycles. The minimum atomic E-state index is -1.81. The van der Waals surface area contributed by atoms with Crippen LogP contribution in [0.25, 0.3) is 0 Å². The molecule has 0 atom stereocenters. The molecular formula is C14H32O4Si3. The van der Waals surface area contributed by atoms with Crippen LogP contribution < -0.4 is 0 Å². The number of rotatable bonds is 9. The molecule has 0 spiro atoms. The second-order valence-corrected chi connectivity index (χ2v) is 18.0. The predicted molar refractivity (Wildman–Crippen MR) is 96.0 cm³/mol. The van der Waals surface area contributed by atoms with Crippen molar-refractivity contribution in [1.29, 1.82) is 0 Å². The summed E-state index contributed by atoms with van der Waals surface area (Å²) in [6, 6.07) is 0. The number of hydrogen-bond donors (Lipinski definition) is 0. The van der Waals surface area contributed by atoms with Gasteiger partial charge in [0.2, 0.25) is 0 Å². The highest BCUT2D eigenvalue weighted by Crippen LogP contribution is 2.28. The van der Waals surface area contributed by atoms with Crippen molar-refractivity contribution >= 4 is 32.4 Å². The van der Waals surface area contributed by atoms with Crippen LogP contribution >= 0.6 is 0 Å². The Balaban J connectivity index is 5.25. The Kier molecular flexibility index (Phi) is 7.78. The molecule has 21 heavy (non-hydrogen) atoms. The van der Waals surface area contributed by atoms with Gasteiger partial charge in [0.05, 0.1) is 0 Å². The maximum atomic E-state index is 11.7. The molecule has 0 unspecified atom stereocenters. The second kappa shape index (κ2) is 7.87. The van der Waals surface area contributed by atoms with Crippen LogP contribution in [0.5, 0.6) is 0 Å². The van der Waals surface area contributed by atoms with E-state index in [9.17, 15) is 4.79 Å². The summed E-state index contributed by atoms with van der Waals surface area (Å²) in [5.74, 6) is -0.333. The minimum absolute atomic E-state index is 0.333. The van der Waals surface area contributed by atoms with Crippen LogP contribution in [0.4, 0.5) is 0 Å². The third-order valence-electron chi connectivity index (χ3n) is 2.39. The third-order valence-corrected chi connectivity index (χ3v) is 6.42. The average Bonchev–Trinajstić information content (AvgIpc) is 2.21. The van der Waals surface area contributed by atoms with Crippen molar-refractivity contribution in [3.05, 3.63) is 12.2 Å². The summed E-state index contributed by atoms with van der Waals surface area (Å²) in [6.45, 7) is 20.2. The Labute approximate surface area is 134 Å². The molecule has 0 rings (SSSR count). The number of hydrogen-bond acceptors (Lipinski definition) is 4. The van der Waals surface area contributed by atoms with Gasteiger partial charge in [-0.1, -0.05) is 19.9 Å². The predicted octanol–water partition coefficient (Wildman–Crippen LogP) is 3.35. The van der Waals surface area contributed by atoms with Crippen LogP contribution in [0.15, 0.2) is 12.2 Å². The zero-order valence-corrected chi connectivity index (χ0v) is 18.4. The van der Waals surface area contributed by atoms with Crippen LogP contribution in [0, 0.1) is 0 Å².